The molecule has 0 amide bonds. The number of phenols is 1. The maximum absolute atomic E-state index is 9.47. The SMILES string of the molecule is C[P+](C)([B]c1cccc(O)c1)c1ccccc1. The molecule has 0 aliphatic carbocycles. The summed E-state index contributed by atoms with van der Waals surface area (Å²) in [4.78, 5) is 0. The fourth-order valence-corrected chi connectivity index (χ4v) is 3.86. The van der Waals surface area contributed by atoms with E-state index in [-0.39, 0.29) is 0 Å². The Balaban J connectivity index is 2.23. The van der Waals surface area contributed by atoms with Crippen molar-refractivity contribution >= 4 is 24.9 Å². The summed E-state index contributed by atoms with van der Waals surface area (Å²) in [7, 11) is -1.27. The van der Waals surface area contributed by atoms with E-state index < -0.39 is 7.14 Å². The molecule has 0 aromatic heterocycles. The zero-order valence-corrected chi connectivity index (χ0v) is 11.1. The zero-order chi connectivity index (χ0) is 12.3. The van der Waals surface area contributed by atoms with Crippen LogP contribution in [-0.2, 0) is 0 Å². The summed E-state index contributed by atoms with van der Waals surface area (Å²) in [5.41, 5.74) is 1.09. The molecule has 17 heavy (non-hydrogen) atoms. The van der Waals surface area contributed by atoms with Crippen LogP contribution in [0.15, 0.2) is 54.6 Å². The summed E-state index contributed by atoms with van der Waals surface area (Å²) in [5.74, 6) is 0.326. The standard InChI is InChI=1S/C14H16BOP/c1-17(2,14-9-4-3-5-10-14)15-12-7-6-8-13(16)11-12/h3-11,16H,1-2H3/q+1. The fourth-order valence-electron chi connectivity index (χ4n) is 1.86. The van der Waals surface area contributed by atoms with Gasteiger partial charge in [-0.25, -0.2) is 0 Å². The van der Waals surface area contributed by atoms with Gasteiger partial charge in [0.05, 0.1) is 5.30 Å². The van der Waals surface area contributed by atoms with Crippen molar-refractivity contribution < 1.29 is 5.11 Å². The molecule has 2 aromatic rings. The van der Waals surface area contributed by atoms with Crippen molar-refractivity contribution in [2.45, 2.75) is 0 Å². The third-order valence-electron chi connectivity index (χ3n) is 2.76. The maximum atomic E-state index is 9.47. The van der Waals surface area contributed by atoms with E-state index in [1.807, 2.05) is 24.3 Å². The van der Waals surface area contributed by atoms with Crippen molar-refractivity contribution in [3.05, 3.63) is 54.6 Å². The first-order valence-corrected chi connectivity index (χ1v) is 8.37. The van der Waals surface area contributed by atoms with Crippen molar-refractivity contribution in [1.29, 1.82) is 0 Å². The Hall–Kier alpha value is -1.27. The molecule has 0 unspecified atom stereocenters. The lowest BCUT2D eigenvalue weighted by atomic mass is 9.94. The molecule has 2 rings (SSSR count). The molecule has 0 aliphatic rings. The summed E-state index contributed by atoms with van der Waals surface area (Å²) in [6, 6.07) is 18.0. The molecule has 2 aromatic carbocycles. The second-order valence-corrected chi connectivity index (χ2v) is 8.45. The van der Waals surface area contributed by atoms with Crippen LogP contribution in [0.5, 0.6) is 5.75 Å². The van der Waals surface area contributed by atoms with Gasteiger partial charge in [0.25, 0.3) is 0 Å². The lowest BCUT2D eigenvalue weighted by Gasteiger charge is -2.16. The van der Waals surface area contributed by atoms with Crippen LogP contribution in [0, 0.1) is 0 Å². The van der Waals surface area contributed by atoms with Gasteiger partial charge in [-0.15, -0.1) is 0 Å². The molecule has 85 valence electrons. The number of phenolic OH excluding ortho intramolecular Hbond substituents is 1. The van der Waals surface area contributed by atoms with Crippen molar-refractivity contribution in [3.63, 3.8) is 0 Å². The van der Waals surface area contributed by atoms with E-state index in [2.05, 4.69) is 44.6 Å². The topological polar surface area (TPSA) is 20.2 Å². The predicted molar refractivity (Wildman–Crippen MR) is 78.3 cm³/mol. The highest BCUT2D eigenvalue weighted by Crippen LogP contribution is 2.47. The third-order valence-corrected chi connectivity index (χ3v) is 5.34. The molecular formula is C14H16BOP+. The van der Waals surface area contributed by atoms with Crippen LogP contribution >= 0.6 is 7.14 Å². The van der Waals surface area contributed by atoms with Gasteiger partial charge in [-0.05, 0) is 36.9 Å². The van der Waals surface area contributed by atoms with Gasteiger partial charge in [-0.3, -0.25) is 0 Å². The van der Waals surface area contributed by atoms with Gasteiger partial charge in [-0.2, -0.15) is 0 Å². The van der Waals surface area contributed by atoms with Gasteiger partial charge in [0, 0.05) is 13.3 Å². The lowest BCUT2D eigenvalue weighted by molar-refractivity contribution is 0.476. The number of aromatic hydroxyl groups is 1. The third kappa shape index (κ3) is 3.11. The molecule has 0 saturated carbocycles. The highest BCUT2D eigenvalue weighted by Gasteiger charge is 2.31. The Kier molecular flexibility index (Phi) is 3.54. The van der Waals surface area contributed by atoms with Crippen LogP contribution in [0.3, 0.4) is 0 Å². The van der Waals surface area contributed by atoms with E-state index in [4.69, 9.17) is 0 Å². The van der Waals surface area contributed by atoms with Gasteiger partial charge in [0.15, 0.2) is 0 Å². The highest BCUT2D eigenvalue weighted by atomic mass is 31.2. The monoisotopic (exact) mass is 242 g/mol. The highest BCUT2D eigenvalue weighted by molar-refractivity contribution is 8.06. The molecular weight excluding hydrogens is 226 g/mol. The van der Waals surface area contributed by atoms with Gasteiger partial charge < -0.3 is 5.11 Å². The van der Waals surface area contributed by atoms with Crippen molar-refractivity contribution in [2.75, 3.05) is 13.3 Å². The summed E-state index contributed by atoms with van der Waals surface area (Å²) in [6.45, 7) is 6.85. The second kappa shape index (κ2) is 4.93. The van der Waals surface area contributed by atoms with Crippen LogP contribution in [0.2, 0.25) is 0 Å². The first-order chi connectivity index (χ1) is 8.08. The van der Waals surface area contributed by atoms with E-state index >= 15 is 0 Å². The summed E-state index contributed by atoms with van der Waals surface area (Å²) >= 11 is 0. The molecule has 0 bridgehead atoms. The van der Waals surface area contributed by atoms with Crippen LogP contribution < -0.4 is 10.8 Å². The van der Waals surface area contributed by atoms with Crippen molar-refractivity contribution in [3.8, 4) is 5.75 Å². The van der Waals surface area contributed by atoms with Crippen LogP contribution in [0.4, 0.5) is 0 Å². The van der Waals surface area contributed by atoms with Gasteiger partial charge >= 0.3 is 7.00 Å². The molecule has 1 radical (unpaired) electrons. The molecule has 1 nitrogen and oxygen atoms in total. The molecule has 0 aliphatic heterocycles. The average Bonchev–Trinajstić information content (AvgIpc) is 2.29. The first-order valence-electron chi connectivity index (χ1n) is 5.62. The first kappa shape index (κ1) is 12.2. The van der Waals surface area contributed by atoms with Crippen molar-refractivity contribution in [2.24, 2.45) is 0 Å². The Labute approximate surface area is 104 Å². The van der Waals surface area contributed by atoms with Crippen LogP contribution in [0.1, 0.15) is 0 Å². The van der Waals surface area contributed by atoms with E-state index in [0.29, 0.717) is 5.75 Å². The second-order valence-electron chi connectivity index (χ2n) is 4.60. The Morgan fingerprint density at radius 3 is 2.29 bits per heavy atom. The van der Waals surface area contributed by atoms with E-state index in [0.717, 1.165) is 5.46 Å². The number of benzene rings is 2. The van der Waals surface area contributed by atoms with E-state index in [1.54, 1.807) is 6.07 Å². The molecule has 0 heterocycles. The largest absolute Gasteiger partial charge is 0.508 e. The Morgan fingerprint density at radius 2 is 1.65 bits per heavy atom. The van der Waals surface area contributed by atoms with Gasteiger partial charge in [0.1, 0.15) is 5.75 Å². The normalized spacial score (nSPS) is 11.2. The minimum Gasteiger partial charge on any atom is -0.508 e. The van der Waals surface area contributed by atoms with Crippen LogP contribution in [-0.4, -0.2) is 25.4 Å². The minimum absolute atomic E-state index is 0.326. The van der Waals surface area contributed by atoms with E-state index in [9.17, 15) is 5.11 Å². The average molecular weight is 242 g/mol. The van der Waals surface area contributed by atoms with Gasteiger partial charge in [-0.1, -0.05) is 30.3 Å². The quantitative estimate of drug-likeness (QED) is 0.646. The fraction of sp³-hybridized carbons (Fsp3) is 0.143. The smallest absolute Gasteiger partial charge is 0.400 e. The summed E-state index contributed by atoms with van der Waals surface area (Å²) in [6.07, 6.45) is 0. The lowest BCUT2D eigenvalue weighted by Crippen LogP contribution is -2.23. The molecule has 0 spiro atoms. The summed E-state index contributed by atoms with van der Waals surface area (Å²) < 4.78 is 0. The minimum atomic E-state index is -1.27. The molecule has 0 saturated heterocycles. The summed E-state index contributed by atoms with van der Waals surface area (Å²) in [5, 5.41) is 10.9. The Morgan fingerprint density at radius 1 is 0.941 bits per heavy atom. The van der Waals surface area contributed by atoms with Crippen LogP contribution in [0.25, 0.3) is 0 Å². The number of hydrogen-bond donors (Lipinski definition) is 1. The zero-order valence-electron chi connectivity index (χ0n) is 10.2. The molecule has 0 fully saturated rings. The molecule has 1 N–H and O–H groups in total. The van der Waals surface area contributed by atoms with Crippen molar-refractivity contribution in [1.82, 2.24) is 0 Å². The van der Waals surface area contributed by atoms with E-state index in [1.165, 1.54) is 5.30 Å². The maximum Gasteiger partial charge on any atom is 0.400 e. The number of hydrogen-bond acceptors (Lipinski definition) is 1. The molecule has 3 heteroatoms. The number of rotatable bonds is 3. The van der Waals surface area contributed by atoms with Gasteiger partial charge in [0.2, 0.25) is 0 Å². The molecule has 0 atom stereocenters. The Bertz CT molecular complexity index is 497. The predicted octanol–water partition coefficient (Wildman–Crippen LogP) is 2.24.